The van der Waals surface area contributed by atoms with Crippen molar-refractivity contribution in [1.29, 1.82) is 0 Å². The molecule has 0 aromatic heterocycles. The van der Waals surface area contributed by atoms with Gasteiger partial charge in [-0.2, -0.15) is 0 Å². The smallest absolute Gasteiger partial charge is 0.250 e. The van der Waals surface area contributed by atoms with Crippen LogP contribution in [0.2, 0.25) is 0 Å². The Kier molecular flexibility index (Phi) is 10.4. The van der Waals surface area contributed by atoms with E-state index in [1.165, 1.54) is 6.92 Å². The molecule has 8 nitrogen and oxygen atoms in total. The molecule has 0 fully saturated rings. The number of rotatable bonds is 13. The molecule has 2 amide bonds. The molecule has 0 heterocycles. The van der Waals surface area contributed by atoms with E-state index < -0.39 is 0 Å². The van der Waals surface area contributed by atoms with Crippen molar-refractivity contribution in [3.05, 3.63) is 54.1 Å². The summed E-state index contributed by atoms with van der Waals surface area (Å²) in [7, 11) is 1.81. The van der Waals surface area contributed by atoms with Crippen LogP contribution in [0.1, 0.15) is 17.3 Å². The lowest BCUT2D eigenvalue weighted by atomic mass is 10.0. The van der Waals surface area contributed by atoms with Crippen LogP contribution in [0.5, 0.6) is 0 Å². The highest BCUT2D eigenvalue weighted by molar-refractivity contribution is 5.94. The Morgan fingerprint density at radius 2 is 1.32 bits per heavy atom. The summed E-state index contributed by atoms with van der Waals surface area (Å²) in [6, 6.07) is 14.8. The average molecular weight is 428 g/mol. The molecule has 0 spiro atoms. The largest absolute Gasteiger partial charge is 0.369 e. The van der Waals surface area contributed by atoms with E-state index >= 15 is 0 Å². The second-order valence-electron chi connectivity index (χ2n) is 6.82. The van der Waals surface area contributed by atoms with Gasteiger partial charge in [-0.3, -0.25) is 14.4 Å². The molecule has 0 saturated heterocycles. The molecule has 0 aliphatic heterocycles. The number of nitrogens with one attached hydrogen (secondary N) is 3. The molecule has 2 aromatic carbocycles. The minimum Gasteiger partial charge on any atom is -0.369 e. The monoisotopic (exact) mass is 427 g/mol. The Labute approximate surface area is 182 Å². The fraction of sp³-hybridized carbons (Fsp3) is 0.348. The fourth-order valence-corrected chi connectivity index (χ4v) is 2.67. The Morgan fingerprint density at radius 3 is 1.87 bits per heavy atom. The van der Waals surface area contributed by atoms with E-state index in [9.17, 15) is 14.4 Å². The zero-order valence-electron chi connectivity index (χ0n) is 17.9. The Bertz CT molecular complexity index is 851. The maximum Gasteiger partial charge on any atom is 0.250 e. The molecule has 2 aromatic rings. The van der Waals surface area contributed by atoms with Crippen molar-refractivity contribution in [2.75, 3.05) is 51.9 Å². The third-order valence-electron chi connectivity index (χ3n) is 4.33. The highest BCUT2D eigenvalue weighted by atomic mass is 16.5. The second-order valence-corrected chi connectivity index (χ2v) is 6.82. The molecule has 0 aliphatic rings. The number of hydrogen-bond donors (Lipinski definition) is 3. The van der Waals surface area contributed by atoms with E-state index in [4.69, 9.17) is 9.47 Å². The number of likely N-dealkylation sites (N-methyl/N-ethyl adjacent to an activating group) is 1. The van der Waals surface area contributed by atoms with Gasteiger partial charge in [0.2, 0.25) is 11.8 Å². The van der Waals surface area contributed by atoms with Gasteiger partial charge in [-0.15, -0.1) is 0 Å². The van der Waals surface area contributed by atoms with E-state index in [0.29, 0.717) is 24.3 Å². The third-order valence-corrected chi connectivity index (χ3v) is 4.33. The zero-order valence-corrected chi connectivity index (χ0v) is 17.9. The van der Waals surface area contributed by atoms with Crippen molar-refractivity contribution in [3.63, 3.8) is 0 Å². The summed E-state index contributed by atoms with van der Waals surface area (Å²) in [6.45, 7) is 3.07. The van der Waals surface area contributed by atoms with E-state index in [1.807, 2.05) is 43.4 Å². The Balaban J connectivity index is 1.65. The first-order valence-corrected chi connectivity index (χ1v) is 10.1. The molecular formula is C23H29N3O5. The van der Waals surface area contributed by atoms with Gasteiger partial charge in [-0.25, -0.2) is 0 Å². The lowest BCUT2D eigenvalue weighted by Gasteiger charge is -2.09. The first-order chi connectivity index (χ1) is 15.0. The molecule has 8 heteroatoms. The lowest BCUT2D eigenvalue weighted by molar-refractivity contribution is -0.127. The van der Waals surface area contributed by atoms with E-state index in [1.54, 1.807) is 12.1 Å². The van der Waals surface area contributed by atoms with Crippen molar-refractivity contribution in [1.82, 2.24) is 10.6 Å². The molecule has 31 heavy (non-hydrogen) atoms. The van der Waals surface area contributed by atoms with Crippen molar-refractivity contribution in [2.45, 2.75) is 6.92 Å². The predicted molar refractivity (Wildman–Crippen MR) is 119 cm³/mol. The number of carbonyl (C=O) groups is 3. The van der Waals surface area contributed by atoms with Crippen LogP contribution in [-0.2, 0) is 19.1 Å². The van der Waals surface area contributed by atoms with Gasteiger partial charge < -0.3 is 25.4 Å². The van der Waals surface area contributed by atoms with Crippen LogP contribution in [-0.4, -0.2) is 64.2 Å². The molecular weight excluding hydrogens is 398 g/mol. The van der Waals surface area contributed by atoms with Crippen LogP contribution in [0.15, 0.2) is 48.5 Å². The summed E-state index contributed by atoms with van der Waals surface area (Å²) in [5.74, 6) is -0.432. The number of ketones is 1. The molecule has 0 saturated carbocycles. The molecule has 0 bridgehead atoms. The summed E-state index contributed by atoms with van der Waals surface area (Å²) in [6.07, 6.45) is 0. The standard InChI is InChI=1S/C23H29N3O5/c1-17(27)18-3-5-19(6-4-18)20-7-9-21(10-8-20)26-23(29)16-31-14-13-30-15-22(28)25-12-11-24-2/h3-10,24H,11-16H2,1-2H3,(H,25,28)(H,26,29). The fourth-order valence-electron chi connectivity index (χ4n) is 2.67. The van der Waals surface area contributed by atoms with Gasteiger partial charge in [0.1, 0.15) is 13.2 Å². The number of ether oxygens (including phenoxy) is 2. The van der Waals surface area contributed by atoms with Crippen LogP contribution < -0.4 is 16.0 Å². The molecule has 0 unspecified atom stereocenters. The Hall–Kier alpha value is -3.07. The predicted octanol–water partition coefficient (Wildman–Crippen LogP) is 1.86. The van der Waals surface area contributed by atoms with Crippen LogP contribution in [0, 0.1) is 0 Å². The van der Waals surface area contributed by atoms with Gasteiger partial charge in [0, 0.05) is 24.3 Å². The maximum atomic E-state index is 12.0. The SMILES string of the molecule is CNCCNC(=O)COCCOCC(=O)Nc1ccc(-c2ccc(C(C)=O)cc2)cc1. The highest BCUT2D eigenvalue weighted by Gasteiger charge is 2.05. The van der Waals surface area contributed by atoms with Crippen molar-refractivity contribution in [3.8, 4) is 11.1 Å². The molecule has 0 aliphatic carbocycles. The second kappa shape index (κ2) is 13.3. The minimum atomic E-state index is -0.275. The molecule has 2 rings (SSSR count). The van der Waals surface area contributed by atoms with Crippen LogP contribution >= 0.6 is 0 Å². The van der Waals surface area contributed by atoms with Gasteiger partial charge >= 0.3 is 0 Å². The minimum absolute atomic E-state index is 0.0315. The Morgan fingerprint density at radius 1 is 0.774 bits per heavy atom. The number of benzene rings is 2. The zero-order chi connectivity index (χ0) is 22.5. The maximum absolute atomic E-state index is 12.0. The van der Waals surface area contributed by atoms with Gasteiger partial charge in [-0.05, 0) is 37.2 Å². The quantitative estimate of drug-likeness (QED) is 0.333. The van der Waals surface area contributed by atoms with Gasteiger partial charge in [-0.1, -0.05) is 36.4 Å². The van der Waals surface area contributed by atoms with Crippen molar-refractivity contribution >= 4 is 23.3 Å². The molecule has 166 valence electrons. The van der Waals surface area contributed by atoms with E-state index in [2.05, 4.69) is 16.0 Å². The van der Waals surface area contributed by atoms with Crippen LogP contribution in [0.25, 0.3) is 11.1 Å². The van der Waals surface area contributed by atoms with Crippen molar-refractivity contribution < 1.29 is 23.9 Å². The topological polar surface area (TPSA) is 106 Å². The highest BCUT2D eigenvalue weighted by Crippen LogP contribution is 2.22. The van der Waals surface area contributed by atoms with E-state index in [-0.39, 0.29) is 44.0 Å². The summed E-state index contributed by atoms with van der Waals surface area (Å²) in [5, 5.41) is 8.39. The summed E-state index contributed by atoms with van der Waals surface area (Å²) in [4.78, 5) is 34.8. The van der Waals surface area contributed by atoms with Gasteiger partial charge in [0.15, 0.2) is 5.78 Å². The molecule has 0 radical (unpaired) electrons. The summed E-state index contributed by atoms with van der Waals surface area (Å²) in [5.41, 5.74) is 3.30. The third kappa shape index (κ3) is 9.08. The van der Waals surface area contributed by atoms with Crippen molar-refractivity contribution in [2.24, 2.45) is 0 Å². The van der Waals surface area contributed by atoms with Gasteiger partial charge in [0.25, 0.3) is 0 Å². The number of amides is 2. The number of hydrogen-bond acceptors (Lipinski definition) is 6. The van der Waals surface area contributed by atoms with Crippen LogP contribution in [0.4, 0.5) is 5.69 Å². The first-order valence-electron chi connectivity index (χ1n) is 10.1. The lowest BCUT2D eigenvalue weighted by Crippen LogP contribution is -2.33. The average Bonchev–Trinajstić information content (AvgIpc) is 2.77. The molecule has 3 N–H and O–H groups in total. The number of carbonyl (C=O) groups excluding carboxylic acids is 3. The summed E-state index contributed by atoms with van der Waals surface area (Å²) >= 11 is 0. The first kappa shape index (κ1) is 24.2. The normalized spacial score (nSPS) is 10.5. The number of anilines is 1. The number of Topliss-reactive ketones (excluding diaryl/α,β-unsaturated/α-hetero) is 1. The van der Waals surface area contributed by atoms with E-state index in [0.717, 1.165) is 11.1 Å². The van der Waals surface area contributed by atoms with Gasteiger partial charge in [0.05, 0.1) is 13.2 Å². The van der Waals surface area contributed by atoms with Crippen LogP contribution in [0.3, 0.4) is 0 Å². The summed E-state index contributed by atoms with van der Waals surface area (Å²) < 4.78 is 10.5. The molecule has 0 atom stereocenters.